The summed E-state index contributed by atoms with van der Waals surface area (Å²) in [5.74, 6) is 0.208. The lowest BCUT2D eigenvalue weighted by Gasteiger charge is -2.23. The van der Waals surface area contributed by atoms with E-state index in [0.29, 0.717) is 19.6 Å². The number of aliphatic hydroxyl groups is 1. The molecule has 1 unspecified atom stereocenters. The molecule has 0 aromatic rings. The molecule has 1 aliphatic rings. The van der Waals surface area contributed by atoms with Crippen LogP contribution in [-0.4, -0.2) is 36.9 Å². The predicted molar refractivity (Wildman–Crippen MR) is 52.9 cm³/mol. The quantitative estimate of drug-likeness (QED) is 0.687. The van der Waals surface area contributed by atoms with Crippen LogP contribution in [-0.2, 0) is 9.53 Å². The van der Waals surface area contributed by atoms with E-state index in [4.69, 9.17) is 9.84 Å². The van der Waals surface area contributed by atoms with Crippen LogP contribution < -0.4 is 5.32 Å². The highest BCUT2D eigenvalue weighted by molar-refractivity contribution is 5.78. The Morgan fingerprint density at radius 1 is 1.57 bits per heavy atom. The third kappa shape index (κ3) is 3.64. The Kier molecular flexibility index (Phi) is 4.90. The first-order valence-corrected chi connectivity index (χ1v) is 5.23. The number of ether oxygens (including phenoxy) is 1. The van der Waals surface area contributed by atoms with Gasteiger partial charge in [-0.2, -0.15) is 0 Å². The standard InChI is InChI=1S/C10H19NO3/c1-8(2-5-12)11-10(13)9-3-6-14-7-4-9/h8-9,12H,2-7H2,1H3,(H,11,13). The first-order chi connectivity index (χ1) is 6.74. The maximum atomic E-state index is 11.6. The van der Waals surface area contributed by atoms with Gasteiger partial charge in [0.25, 0.3) is 0 Å². The van der Waals surface area contributed by atoms with Crippen molar-refractivity contribution >= 4 is 5.91 Å². The van der Waals surface area contributed by atoms with Crippen LogP contribution in [0.1, 0.15) is 26.2 Å². The highest BCUT2D eigenvalue weighted by atomic mass is 16.5. The lowest BCUT2D eigenvalue weighted by Crippen LogP contribution is -2.39. The molecular weight excluding hydrogens is 182 g/mol. The van der Waals surface area contributed by atoms with Gasteiger partial charge in [-0.05, 0) is 26.2 Å². The van der Waals surface area contributed by atoms with Gasteiger partial charge in [-0.1, -0.05) is 0 Å². The van der Waals surface area contributed by atoms with Gasteiger partial charge in [0.05, 0.1) is 0 Å². The van der Waals surface area contributed by atoms with Crippen LogP contribution in [0.2, 0.25) is 0 Å². The number of carbonyl (C=O) groups excluding carboxylic acids is 1. The van der Waals surface area contributed by atoms with E-state index in [1.165, 1.54) is 0 Å². The molecule has 0 aliphatic carbocycles. The Morgan fingerprint density at radius 2 is 2.21 bits per heavy atom. The minimum Gasteiger partial charge on any atom is -0.396 e. The molecule has 0 radical (unpaired) electrons. The van der Waals surface area contributed by atoms with E-state index in [1.807, 2.05) is 6.92 Å². The van der Waals surface area contributed by atoms with Gasteiger partial charge in [0.1, 0.15) is 0 Å². The van der Waals surface area contributed by atoms with Gasteiger partial charge in [-0.25, -0.2) is 0 Å². The van der Waals surface area contributed by atoms with Crippen molar-refractivity contribution in [2.24, 2.45) is 5.92 Å². The van der Waals surface area contributed by atoms with Gasteiger partial charge >= 0.3 is 0 Å². The van der Waals surface area contributed by atoms with Crippen molar-refractivity contribution in [3.63, 3.8) is 0 Å². The van der Waals surface area contributed by atoms with Crippen LogP contribution in [0.5, 0.6) is 0 Å². The number of nitrogens with one attached hydrogen (secondary N) is 1. The summed E-state index contributed by atoms with van der Waals surface area (Å²) < 4.78 is 5.18. The molecule has 4 nitrogen and oxygen atoms in total. The minimum atomic E-state index is 0.0651. The molecule has 1 aliphatic heterocycles. The Bertz CT molecular complexity index is 178. The number of rotatable bonds is 4. The van der Waals surface area contributed by atoms with E-state index in [9.17, 15) is 4.79 Å². The molecule has 0 saturated carbocycles. The molecular formula is C10H19NO3. The number of hydrogen-bond acceptors (Lipinski definition) is 3. The molecule has 4 heteroatoms. The number of hydrogen-bond donors (Lipinski definition) is 2. The Hall–Kier alpha value is -0.610. The summed E-state index contributed by atoms with van der Waals surface area (Å²) in [6.45, 7) is 3.40. The maximum absolute atomic E-state index is 11.6. The smallest absolute Gasteiger partial charge is 0.223 e. The second-order valence-corrected chi connectivity index (χ2v) is 3.81. The van der Waals surface area contributed by atoms with Crippen LogP contribution in [0.15, 0.2) is 0 Å². The van der Waals surface area contributed by atoms with Crippen molar-refractivity contribution in [3.8, 4) is 0 Å². The fourth-order valence-electron chi connectivity index (χ4n) is 1.59. The molecule has 82 valence electrons. The van der Waals surface area contributed by atoms with E-state index >= 15 is 0 Å². The molecule has 1 fully saturated rings. The van der Waals surface area contributed by atoms with Gasteiger partial charge in [0, 0.05) is 31.8 Å². The third-order valence-corrected chi connectivity index (χ3v) is 2.54. The summed E-state index contributed by atoms with van der Waals surface area (Å²) in [4.78, 5) is 11.6. The molecule has 1 rings (SSSR count). The lowest BCUT2D eigenvalue weighted by molar-refractivity contribution is -0.128. The molecule has 0 bridgehead atoms. The molecule has 1 atom stereocenters. The Morgan fingerprint density at radius 3 is 2.79 bits per heavy atom. The fraction of sp³-hybridized carbons (Fsp3) is 0.900. The monoisotopic (exact) mass is 201 g/mol. The summed E-state index contributed by atoms with van der Waals surface area (Å²) >= 11 is 0. The van der Waals surface area contributed by atoms with Crippen LogP contribution in [0, 0.1) is 5.92 Å². The van der Waals surface area contributed by atoms with Crippen LogP contribution in [0.3, 0.4) is 0 Å². The maximum Gasteiger partial charge on any atom is 0.223 e. The van der Waals surface area contributed by atoms with E-state index in [0.717, 1.165) is 12.8 Å². The average molecular weight is 201 g/mol. The first kappa shape index (κ1) is 11.5. The van der Waals surface area contributed by atoms with Gasteiger partial charge in [-0.15, -0.1) is 0 Å². The second kappa shape index (κ2) is 5.98. The van der Waals surface area contributed by atoms with Gasteiger partial charge < -0.3 is 15.2 Å². The summed E-state index contributed by atoms with van der Waals surface area (Å²) in [5.41, 5.74) is 0. The van der Waals surface area contributed by atoms with Crippen molar-refractivity contribution in [1.82, 2.24) is 5.32 Å². The number of amides is 1. The van der Waals surface area contributed by atoms with Crippen molar-refractivity contribution in [2.45, 2.75) is 32.2 Å². The van der Waals surface area contributed by atoms with Crippen molar-refractivity contribution in [3.05, 3.63) is 0 Å². The average Bonchev–Trinajstić information content (AvgIpc) is 2.19. The molecule has 0 aromatic carbocycles. The Balaban J connectivity index is 2.25. The summed E-state index contributed by atoms with van der Waals surface area (Å²) in [6, 6.07) is 0.0651. The number of carbonyl (C=O) groups is 1. The normalized spacial score (nSPS) is 20.4. The lowest BCUT2D eigenvalue weighted by atomic mass is 9.99. The zero-order valence-corrected chi connectivity index (χ0v) is 8.66. The van der Waals surface area contributed by atoms with Gasteiger partial charge in [-0.3, -0.25) is 4.79 Å². The molecule has 14 heavy (non-hydrogen) atoms. The highest BCUT2D eigenvalue weighted by Gasteiger charge is 2.22. The topological polar surface area (TPSA) is 58.6 Å². The third-order valence-electron chi connectivity index (χ3n) is 2.54. The molecule has 0 spiro atoms. The van der Waals surface area contributed by atoms with Gasteiger partial charge in [0.2, 0.25) is 5.91 Å². The molecule has 1 heterocycles. The first-order valence-electron chi connectivity index (χ1n) is 5.23. The molecule has 0 aromatic heterocycles. The van der Waals surface area contributed by atoms with Gasteiger partial charge in [0.15, 0.2) is 0 Å². The van der Waals surface area contributed by atoms with Crippen molar-refractivity contribution in [2.75, 3.05) is 19.8 Å². The minimum absolute atomic E-state index is 0.0651. The van der Waals surface area contributed by atoms with Crippen molar-refractivity contribution < 1.29 is 14.6 Å². The highest BCUT2D eigenvalue weighted by Crippen LogP contribution is 2.14. The summed E-state index contributed by atoms with van der Waals surface area (Å²) in [6.07, 6.45) is 2.25. The van der Waals surface area contributed by atoms with Crippen molar-refractivity contribution in [1.29, 1.82) is 0 Å². The fourth-order valence-corrected chi connectivity index (χ4v) is 1.59. The number of aliphatic hydroxyl groups excluding tert-OH is 1. The van der Waals surface area contributed by atoms with E-state index in [2.05, 4.69) is 5.32 Å². The molecule has 1 saturated heterocycles. The van der Waals surface area contributed by atoms with Crippen LogP contribution in [0.25, 0.3) is 0 Å². The summed E-state index contributed by atoms with van der Waals surface area (Å²) in [7, 11) is 0. The van der Waals surface area contributed by atoms with E-state index in [-0.39, 0.29) is 24.5 Å². The largest absolute Gasteiger partial charge is 0.396 e. The zero-order valence-electron chi connectivity index (χ0n) is 8.66. The predicted octanol–water partition coefficient (Wildman–Crippen LogP) is 0.300. The molecule has 2 N–H and O–H groups in total. The second-order valence-electron chi connectivity index (χ2n) is 3.81. The van der Waals surface area contributed by atoms with E-state index in [1.54, 1.807) is 0 Å². The summed E-state index contributed by atoms with van der Waals surface area (Å²) in [5, 5.41) is 11.6. The molecule has 1 amide bonds. The Labute approximate surface area is 84.6 Å². The van der Waals surface area contributed by atoms with Crippen LogP contribution >= 0.6 is 0 Å². The zero-order chi connectivity index (χ0) is 10.4. The van der Waals surface area contributed by atoms with E-state index < -0.39 is 0 Å². The SMILES string of the molecule is CC(CCO)NC(=O)C1CCOCC1. The van der Waals surface area contributed by atoms with Crippen LogP contribution in [0.4, 0.5) is 0 Å².